The first-order valence-electron chi connectivity index (χ1n) is 9.90. The smallest absolute Gasteiger partial charge is 0.343 e. The molecule has 0 unspecified atom stereocenters. The Bertz CT molecular complexity index is 715. The van der Waals surface area contributed by atoms with E-state index in [1.807, 2.05) is 0 Å². The number of nitrogens with one attached hydrogen (secondary N) is 1. The maximum absolute atomic E-state index is 12.4. The molecule has 0 aliphatic heterocycles. The number of unbranched alkanes of at least 4 members (excludes halogenated alkanes) is 1. The summed E-state index contributed by atoms with van der Waals surface area (Å²) in [6, 6.07) is 10.4. The summed E-state index contributed by atoms with van der Waals surface area (Å²) in [7, 11) is 1.60. The molecule has 0 spiro atoms. The van der Waals surface area contributed by atoms with Gasteiger partial charge in [0, 0.05) is 12.7 Å². The van der Waals surface area contributed by atoms with Crippen LogP contribution in [0.25, 0.3) is 0 Å². The van der Waals surface area contributed by atoms with E-state index in [1.165, 1.54) is 6.42 Å². The van der Waals surface area contributed by atoms with Crippen LogP contribution in [0.4, 0.5) is 0 Å². The van der Waals surface area contributed by atoms with E-state index in [9.17, 15) is 4.79 Å². The molecule has 0 bridgehead atoms. The molecule has 152 valence electrons. The minimum Gasteiger partial charge on any atom is -0.497 e. The summed E-state index contributed by atoms with van der Waals surface area (Å²) in [6.07, 6.45) is 3.94. The molecule has 0 atom stereocenters. The minimum atomic E-state index is -0.395. The molecular formula is C22H31N3O3. The lowest BCUT2D eigenvalue weighted by Gasteiger charge is -2.17. The third kappa shape index (κ3) is 7.29. The largest absolute Gasteiger partial charge is 0.497 e. The van der Waals surface area contributed by atoms with Crippen molar-refractivity contribution in [1.29, 1.82) is 0 Å². The minimum absolute atomic E-state index is 0.395. The van der Waals surface area contributed by atoms with Crippen LogP contribution in [0.15, 0.2) is 42.6 Å². The molecule has 0 saturated heterocycles. The van der Waals surface area contributed by atoms with Gasteiger partial charge in [0.25, 0.3) is 0 Å². The fourth-order valence-electron chi connectivity index (χ4n) is 2.85. The van der Waals surface area contributed by atoms with Gasteiger partial charge in [-0.2, -0.15) is 0 Å². The summed E-state index contributed by atoms with van der Waals surface area (Å²) in [6.45, 7) is 9.30. The first kappa shape index (κ1) is 21.9. The Hall–Kier alpha value is -2.44. The Morgan fingerprint density at radius 3 is 2.46 bits per heavy atom. The zero-order chi connectivity index (χ0) is 20.2. The van der Waals surface area contributed by atoms with E-state index in [0.29, 0.717) is 23.6 Å². The molecule has 0 aliphatic carbocycles. The predicted molar refractivity (Wildman–Crippen MR) is 111 cm³/mol. The van der Waals surface area contributed by atoms with Crippen molar-refractivity contribution < 1.29 is 14.3 Å². The number of ether oxygens (including phenoxy) is 2. The van der Waals surface area contributed by atoms with Crippen molar-refractivity contribution in [2.45, 2.75) is 33.2 Å². The van der Waals surface area contributed by atoms with Crippen molar-refractivity contribution >= 4 is 5.97 Å². The van der Waals surface area contributed by atoms with Gasteiger partial charge in [-0.15, -0.1) is 0 Å². The van der Waals surface area contributed by atoms with Crippen molar-refractivity contribution in [3.63, 3.8) is 0 Å². The van der Waals surface area contributed by atoms with Gasteiger partial charge in [0.2, 0.25) is 0 Å². The van der Waals surface area contributed by atoms with Crippen LogP contribution < -0.4 is 14.8 Å². The van der Waals surface area contributed by atoms with Gasteiger partial charge in [-0.05, 0) is 75.4 Å². The molecule has 1 aromatic heterocycles. The van der Waals surface area contributed by atoms with Gasteiger partial charge in [-0.25, -0.2) is 4.79 Å². The highest BCUT2D eigenvalue weighted by Crippen LogP contribution is 2.18. The number of carbonyl (C=O) groups is 1. The molecule has 0 saturated carbocycles. The van der Waals surface area contributed by atoms with Gasteiger partial charge in [-0.1, -0.05) is 13.8 Å². The second kappa shape index (κ2) is 12.1. The highest BCUT2D eigenvalue weighted by Gasteiger charge is 2.10. The molecule has 2 rings (SSSR count). The van der Waals surface area contributed by atoms with E-state index in [0.717, 1.165) is 38.3 Å². The van der Waals surface area contributed by atoms with E-state index >= 15 is 0 Å². The van der Waals surface area contributed by atoms with E-state index in [4.69, 9.17) is 9.47 Å². The molecule has 1 aromatic carbocycles. The summed E-state index contributed by atoms with van der Waals surface area (Å²) in [5.41, 5.74) is 1.32. The average molecular weight is 386 g/mol. The van der Waals surface area contributed by atoms with E-state index < -0.39 is 5.97 Å². The van der Waals surface area contributed by atoms with Crippen molar-refractivity contribution in [2.75, 3.05) is 33.3 Å². The molecule has 6 heteroatoms. The molecule has 6 nitrogen and oxygen atoms in total. The summed E-state index contributed by atoms with van der Waals surface area (Å²) < 4.78 is 10.5. The number of rotatable bonds is 12. The molecule has 0 radical (unpaired) electrons. The van der Waals surface area contributed by atoms with Crippen LogP contribution in [0.3, 0.4) is 0 Å². The maximum atomic E-state index is 12.4. The zero-order valence-electron chi connectivity index (χ0n) is 17.1. The van der Waals surface area contributed by atoms with Gasteiger partial charge in [0.15, 0.2) is 0 Å². The van der Waals surface area contributed by atoms with Crippen molar-refractivity contribution in [3.05, 3.63) is 53.9 Å². The molecule has 28 heavy (non-hydrogen) atoms. The number of hydrogen-bond acceptors (Lipinski definition) is 6. The number of aromatic nitrogens is 1. The number of benzene rings is 1. The van der Waals surface area contributed by atoms with E-state index in [1.54, 1.807) is 49.7 Å². The normalized spacial score (nSPS) is 10.9. The van der Waals surface area contributed by atoms with Gasteiger partial charge < -0.3 is 19.7 Å². The second-order valence-electron chi connectivity index (χ2n) is 6.51. The molecule has 1 N–H and O–H groups in total. The highest BCUT2D eigenvalue weighted by molar-refractivity contribution is 5.91. The molecule has 0 amide bonds. The lowest BCUT2D eigenvalue weighted by Crippen LogP contribution is -2.25. The Labute approximate surface area is 167 Å². The first-order chi connectivity index (χ1) is 13.7. The SMILES string of the molecule is CCN(CC)CCCCNCc1cc(C(=O)Oc2ccc(OC)cc2)ccn1. The van der Waals surface area contributed by atoms with Crippen LogP contribution in [0.5, 0.6) is 11.5 Å². The Kier molecular flexibility index (Phi) is 9.45. The maximum Gasteiger partial charge on any atom is 0.343 e. The fraction of sp³-hybridized carbons (Fsp3) is 0.455. The van der Waals surface area contributed by atoms with Crippen LogP contribution in [-0.4, -0.2) is 49.1 Å². The van der Waals surface area contributed by atoms with Gasteiger partial charge in [0.05, 0.1) is 18.4 Å². The van der Waals surface area contributed by atoms with Gasteiger partial charge in [0.1, 0.15) is 11.5 Å². The Balaban J connectivity index is 1.77. The van der Waals surface area contributed by atoms with Crippen LogP contribution in [0.1, 0.15) is 42.7 Å². The third-order valence-corrected chi connectivity index (χ3v) is 4.60. The van der Waals surface area contributed by atoms with E-state index in [-0.39, 0.29) is 0 Å². The molecular weight excluding hydrogens is 354 g/mol. The highest BCUT2D eigenvalue weighted by atomic mass is 16.5. The van der Waals surface area contributed by atoms with Gasteiger partial charge >= 0.3 is 5.97 Å². The van der Waals surface area contributed by atoms with E-state index in [2.05, 4.69) is 29.0 Å². The number of pyridine rings is 1. The summed E-state index contributed by atoms with van der Waals surface area (Å²) in [5.74, 6) is 0.803. The quantitative estimate of drug-likeness (QED) is 0.343. The molecule has 0 fully saturated rings. The standard InChI is InChI=1S/C22H31N3O3/c1-4-25(5-2)15-7-6-13-23-17-19-16-18(12-14-24-19)22(26)28-21-10-8-20(27-3)9-11-21/h8-12,14,16,23H,4-7,13,15,17H2,1-3H3. The Morgan fingerprint density at radius 1 is 1.07 bits per heavy atom. The summed E-state index contributed by atoms with van der Waals surface area (Å²) >= 11 is 0. The Morgan fingerprint density at radius 2 is 1.79 bits per heavy atom. The van der Waals surface area contributed by atoms with Crippen molar-refractivity contribution in [3.8, 4) is 11.5 Å². The monoisotopic (exact) mass is 385 g/mol. The summed E-state index contributed by atoms with van der Waals surface area (Å²) in [5, 5.41) is 3.39. The van der Waals surface area contributed by atoms with Crippen molar-refractivity contribution in [1.82, 2.24) is 15.2 Å². The van der Waals surface area contributed by atoms with Crippen LogP contribution in [-0.2, 0) is 6.54 Å². The number of carbonyl (C=O) groups excluding carboxylic acids is 1. The van der Waals surface area contributed by atoms with Gasteiger partial charge in [-0.3, -0.25) is 4.98 Å². The lowest BCUT2D eigenvalue weighted by atomic mass is 10.2. The molecule has 2 aromatic rings. The topological polar surface area (TPSA) is 63.7 Å². The molecule has 0 aliphatic rings. The lowest BCUT2D eigenvalue weighted by molar-refractivity contribution is 0.0734. The number of hydrogen-bond donors (Lipinski definition) is 1. The van der Waals surface area contributed by atoms with Crippen LogP contribution >= 0.6 is 0 Å². The van der Waals surface area contributed by atoms with Crippen LogP contribution in [0.2, 0.25) is 0 Å². The number of esters is 1. The van der Waals surface area contributed by atoms with Crippen molar-refractivity contribution in [2.24, 2.45) is 0 Å². The number of methoxy groups -OCH3 is 1. The zero-order valence-corrected chi connectivity index (χ0v) is 17.1. The first-order valence-corrected chi connectivity index (χ1v) is 9.90. The second-order valence-corrected chi connectivity index (χ2v) is 6.51. The molecule has 1 heterocycles. The fourth-order valence-corrected chi connectivity index (χ4v) is 2.85. The number of nitrogens with zero attached hydrogens (tertiary/aromatic N) is 2. The average Bonchev–Trinajstić information content (AvgIpc) is 2.74. The predicted octanol–water partition coefficient (Wildman–Crippen LogP) is 3.52. The summed E-state index contributed by atoms with van der Waals surface area (Å²) in [4.78, 5) is 19.1. The third-order valence-electron chi connectivity index (χ3n) is 4.60. The van der Waals surface area contributed by atoms with Crippen LogP contribution in [0, 0.1) is 0 Å².